The Balaban J connectivity index is 4.05. The quantitative estimate of drug-likeness (QED) is 0.190. The van der Waals surface area contributed by atoms with E-state index in [0.717, 1.165) is 24.5 Å². The van der Waals surface area contributed by atoms with Crippen LogP contribution in [-0.4, -0.2) is 198 Å². The van der Waals surface area contributed by atoms with Crippen molar-refractivity contribution in [3.63, 3.8) is 0 Å². The van der Waals surface area contributed by atoms with E-state index in [-0.39, 0.29) is 61.9 Å². The molecule has 1 aliphatic rings. The van der Waals surface area contributed by atoms with Gasteiger partial charge >= 0.3 is 18.1 Å². The lowest BCUT2D eigenvalue weighted by molar-refractivity contribution is -0.144. The Labute approximate surface area is 412 Å². The van der Waals surface area contributed by atoms with Gasteiger partial charge in [-0.15, -0.1) is 0 Å². The molecule has 21 heteroatoms. The number of rotatable bonds is 12. The Morgan fingerprint density at radius 2 is 1.07 bits per heavy atom. The van der Waals surface area contributed by atoms with Gasteiger partial charge in [0.25, 0.3) is 11.8 Å². The molecule has 396 valence electrons. The molecule has 0 aromatic heterocycles. The Morgan fingerprint density at radius 3 is 1.57 bits per heavy atom. The van der Waals surface area contributed by atoms with Gasteiger partial charge < -0.3 is 34.9 Å². The average Bonchev–Trinajstić information content (AvgIpc) is 3.25. The zero-order valence-corrected chi connectivity index (χ0v) is 45.2. The molecule has 69 heavy (non-hydrogen) atoms. The maximum atomic E-state index is 14.5. The number of amides is 12. The van der Waals surface area contributed by atoms with Gasteiger partial charge in [0.1, 0.15) is 30.7 Å². The molecule has 8 atom stereocenters. The topological polar surface area (TPSA) is 245 Å². The van der Waals surface area contributed by atoms with Crippen molar-refractivity contribution in [2.45, 2.75) is 158 Å². The van der Waals surface area contributed by atoms with Gasteiger partial charge in [0.2, 0.25) is 23.6 Å². The maximum absolute atomic E-state index is 14.5. The molecule has 0 spiro atoms. The van der Waals surface area contributed by atoms with Gasteiger partial charge in [-0.25, -0.2) is 14.4 Å². The first-order valence-corrected chi connectivity index (χ1v) is 24.4. The molecular formula is C48H89N11O10. The fourth-order valence-electron chi connectivity index (χ4n) is 8.48. The third-order valence-corrected chi connectivity index (χ3v) is 12.8. The first kappa shape index (κ1) is 62.1. The number of imide groups is 3. The highest BCUT2D eigenvalue weighted by Gasteiger charge is 2.42. The van der Waals surface area contributed by atoms with Crippen molar-refractivity contribution < 1.29 is 48.3 Å². The fraction of sp³-hybridized carbons (Fsp3) is 0.812. The third kappa shape index (κ3) is 18.1. The average molecular weight is 980 g/mol. The van der Waals surface area contributed by atoms with E-state index in [4.69, 9.17) is 0 Å². The van der Waals surface area contributed by atoms with Crippen molar-refractivity contribution in [2.24, 2.45) is 35.5 Å². The molecular weight excluding hydrogens is 891 g/mol. The molecule has 1 heterocycles. The minimum absolute atomic E-state index is 0.00750. The molecule has 0 bridgehead atoms. The summed E-state index contributed by atoms with van der Waals surface area (Å²) in [6.07, 6.45) is 0.0605. The Kier molecular flexibility index (Phi) is 25.3. The van der Waals surface area contributed by atoms with E-state index >= 15 is 0 Å². The van der Waals surface area contributed by atoms with E-state index in [0.29, 0.717) is 6.42 Å². The number of urea groups is 3. The molecule has 12 amide bonds. The number of aliphatic hydroxyl groups excluding tert-OH is 1. The summed E-state index contributed by atoms with van der Waals surface area (Å²) in [5.41, 5.74) is 0. The van der Waals surface area contributed by atoms with E-state index in [2.05, 4.69) is 21.3 Å². The normalized spacial score (nSPS) is 25.9. The highest BCUT2D eigenvalue weighted by Crippen LogP contribution is 2.23. The van der Waals surface area contributed by atoms with Crippen molar-refractivity contribution in [3.05, 3.63) is 0 Å². The number of nitrogens with one attached hydrogen (secondary N) is 4. The molecule has 1 fully saturated rings. The number of aliphatic hydroxyl groups is 1. The van der Waals surface area contributed by atoms with Crippen LogP contribution in [0.25, 0.3) is 0 Å². The smallest absolute Gasteiger partial charge is 0.326 e. The summed E-state index contributed by atoms with van der Waals surface area (Å²) in [7, 11) is 9.91. The van der Waals surface area contributed by atoms with E-state index in [9.17, 15) is 48.3 Å². The highest BCUT2D eigenvalue weighted by molar-refractivity contribution is 6.03. The van der Waals surface area contributed by atoms with E-state index in [1.54, 1.807) is 34.7 Å². The molecule has 3 unspecified atom stereocenters. The number of carbonyl (C=O) groups excluding carboxylic acids is 9. The molecule has 0 aliphatic carbocycles. The number of nitrogens with zero attached hydrogens (tertiary/aromatic N) is 7. The zero-order valence-electron chi connectivity index (χ0n) is 45.2. The highest BCUT2D eigenvalue weighted by atomic mass is 16.3. The van der Waals surface area contributed by atoms with Gasteiger partial charge in [-0.3, -0.25) is 54.5 Å². The van der Waals surface area contributed by atoms with Gasteiger partial charge in [-0.2, -0.15) is 0 Å². The van der Waals surface area contributed by atoms with Crippen molar-refractivity contribution in [3.8, 4) is 0 Å². The fourth-order valence-corrected chi connectivity index (χ4v) is 8.48. The van der Waals surface area contributed by atoms with Gasteiger partial charge in [0.15, 0.2) is 0 Å². The third-order valence-electron chi connectivity index (χ3n) is 12.8. The van der Waals surface area contributed by atoms with Gasteiger partial charge in [0.05, 0.1) is 18.4 Å². The Morgan fingerprint density at radius 1 is 0.565 bits per heavy atom. The Bertz CT molecular complexity index is 1780. The van der Waals surface area contributed by atoms with Crippen molar-refractivity contribution in [2.75, 3.05) is 62.5 Å². The second-order valence-corrected chi connectivity index (χ2v) is 21.0. The summed E-state index contributed by atoms with van der Waals surface area (Å²) in [6.45, 7) is 21.4. The summed E-state index contributed by atoms with van der Waals surface area (Å²) >= 11 is 0. The largest absolute Gasteiger partial charge is 0.396 e. The van der Waals surface area contributed by atoms with Crippen LogP contribution in [0.1, 0.15) is 115 Å². The van der Waals surface area contributed by atoms with Gasteiger partial charge in [0, 0.05) is 48.9 Å². The lowest BCUT2D eigenvalue weighted by Crippen LogP contribution is -2.63. The zero-order chi connectivity index (χ0) is 53.5. The van der Waals surface area contributed by atoms with Crippen LogP contribution in [0.15, 0.2) is 0 Å². The molecule has 1 aliphatic heterocycles. The molecule has 21 nitrogen and oxygen atoms in total. The van der Waals surface area contributed by atoms with Crippen LogP contribution in [-0.2, 0) is 28.8 Å². The van der Waals surface area contributed by atoms with Crippen LogP contribution in [0, 0.1) is 35.5 Å². The monoisotopic (exact) mass is 980 g/mol. The van der Waals surface area contributed by atoms with Crippen LogP contribution in [0.2, 0.25) is 0 Å². The second kappa shape index (κ2) is 28.1. The number of likely N-dealkylation sites (N-methyl/N-ethyl adjacent to an activating group) is 6. The van der Waals surface area contributed by atoms with Crippen LogP contribution in [0.3, 0.4) is 0 Å². The lowest BCUT2D eigenvalue weighted by atomic mass is 9.95. The molecule has 1 rings (SSSR count). The van der Waals surface area contributed by atoms with E-state index < -0.39 is 109 Å². The van der Waals surface area contributed by atoms with Crippen molar-refractivity contribution in [1.29, 1.82) is 0 Å². The Hall–Kier alpha value is -4.89. The summed E-state index contributed by atoms with van der Waals surface area (Å²) in [4.78, 5) is 135. The molecule has 5 N–H and O–H groups in total. The minimum atomic E-state index is -1.29. The predicted octanol–water partition coefficient (Wildman–Crippen LogP) is 2.77. The number of carbonyl (C=O) groups is 9. The van der Waals surface area contributed by atoms with Crippen molar-refractivity contribution >= 4 is 53.5 Å². The number of hydrogen-bond donors (Lipinski definition) is 5. The predicted molar refractivity (Wildman–Crippen MR) is 264 cm³/mol. The summed E-state index contributed by atoms with van der Waals surface area (Å²) < 4.78 is 0. The van der Waals surface area contributed by atoms with Crippen LogP contribution in [0.4, 0.5) is 14.4 Å². The van der Waals surface area contributed by atoms with E-state index in [1.165, 1.54) is 47.2 Å². The molecule has 0 radical (unpaired) electrons. The van der Waals surface area contributed by atoms with Crippen LogP contribution < -0.4 is 21.3 Å². The summed E-state index contributed by atoms with van der Waals surface area (Å²) in [5, 5.41) is 20.9. The second-order valence-electron chi connectivity index (χ2n) is 21.0. The standard InChI is InChI=1S/C48H89N11O10/c1-27(2)22-34-42(63)50-40(31(9)10)57(17)37(24-29(5)6)49-33(12)41(62)51-47(68)56(16)36(23-28(3)4)44(65)59(19)48(69)58(18)39(30(7)8)45(66)55(15)35(25-32(11)20-21-60)43(64)52-46(67)53(13)26-38(61)54(34)14/h27-37,39-40,49,60H,20-26H2,1-19H3,(H,50,63)(H,51,62,68)(H,52,64,67)/t32-,33-,34+,35?,36-,37-,39?,40?/m1/s1. The van der Waals surface area contributed by atoms with E-state index in [1.807, 2.05) is 60.3 Å². The molecule has 0 aromatic carbocycles. The summed E-state index contributed by atoms with van der Waals surface area (Å²) in [6, 6.07) is -8.37. The minimum Gasteiger partial charge on any atom is -0.396 e. The molecule has 0 saturated carbocycles. The van der Waals surface area contributed by atoms with Crippen molar-refractivity contribution in [1.82, 2.24) is 55.6 Å². The maximum Gasteiger partial charge on any atom is 0.326 e. The summed E-state index contributed by atoms with van der Waals surface area (Å²) in [5.74, 6) is -5.17. The van der Waals surface area contributed by atoms with Crippen LogP contribution in [0.5, 0.6) is 0 Å². The first-order valence-electron chi connectivity index (χ1n) is 24.4. The SMILES string of the molecule is CC(C)C[C@@H]1C(=O)N(C)C(=O)N(C)C(C(C)C)C(=O)N(C)C(C[C@H](C)CCO)C(=O)NC(=O)N(C)CC(=O)N(C)[C@@H](CC(C)C)C(=O)NC(C(C)C)N(C)[C@H](CC(C)C)N[C@H](C)C(=O)NC(=O)N1C. The number of hydrogen-bond acceptors (Lipinski definition) is 12. The van der Waals surface area contributed by atoms with Gasteiger partial charge in [-0.05, 0) is 81.6 Å². The van der Waals surface area contributed by atoms with Crippen LogP contribution >= 0.6 is 0 Å². The lowest BCUT2D eigenvalue weighted by Gasteiger charge is -2.41. The molecule has 0 aromatic rings. The first-order chi connectivity index (χ1) is 31.8. The molecule has 1 saturated heterocycles. The van der Waals surface area contributed by atoms with Gasteiger partial charge in [-0.1, -0.05) is 76.2 Å².